The molecule has 0 fully saturated rings. The van der Waals surface area contributed by atoms with Gasteiger partial charge in [0.25, 0.3) is 0 Å². The molecule has 4 nitrogen and oxygen atoms in total. The molecule has 0 aromatic heterocycles. The second-order valence-electron chi connectivity index (χ2n) is 11.1. The number of nitrogens with one attached hydrogen (secondary N) is 1. The van der Waals surface area contributed by atoms with E-state index >= 15 is 0 Å². The molecule has 43 heavy (non-hydrogen) atoms. The van der Waals surface area contributed by atoms with Gasteiger partial charge in [0.05, 0.1) is 23.4 Å². The molecule has 0 spiro atoms. The SMILES string of the molecule is CCOc1cc(C=Nc2ccc([C@@H]3Nc4ccccc4[C@H]4C=CC[C@H]43)cc2)cc(Cl)c1OCc1cccc2ccccc12. The number of aliphatic imine (C=N–C) groups is 1. The minimum Gasteiger partial charge on any atom is -0.490 e. The van der Waals surface area contributed by atoms with E-state index in [9.17, 15) is 0 Å². The average Bonchev–Trinajstić information content (AvgIpc) is 3.54. The maximum absolute atomic E-state index is 6.74. The summed E-state index contributed by atoms with van der Waals surface area (Å²) in [6.45, 7) is 2.84. The Balaban J connectivity index is 1.08. The highest BCUT2D eigenvalue weighted by Gasteiger charge is 2.37. The Morgan fingerprint density at radius 1 is 0.907 bits per heavy atom. The molecule has 2 aliphatic rings. The zero-order valence-electron chi connectivity index (χ0n) is 24.0. The van der Waals surface area contributed by atoms with Gasteiger partial charge in [-0.3, -0.25) is 4.99 Å². The number of halogens is 1. The van der Waals surface area contributed by atoms with Gasteiger partial charge < -0.3 is 14.8 Å². The lowest BCUT2D eigenvalue weighted by molar-refractivity contribution is 0.270. The quantitative estimate of drug-likeness (QED) is 0.146. The van der Waals surface area contributed by atoms with Gasteiger partial charge in [0.15, 0.2) is 11.5 Å². The van der Waals surface area contributed by atoms with Crippen LogP contribution in [-0.2, 0) is 6.61 Å². The zero-order chi connectivity index (χ0) is 29.2. The van der Waals surface area contributed by atoms with E-state index in [0.29, 0.717) is 41.6 Å². The fraction of sp³-hybridized carbons (Fsp3) is 0.184. The van der Waals surface area contributed by atoms with Gasteiger partial charge in [-0.25, -0.2) is 0 Å². The monoisotopic (exact) mass is 584 g/mol. The molecule has 1 aliphatic heterocycles. The van der Waals surface area contributed by atoms with Crippen LogP contribution in [-0.4, -0.2) is 12.8 Å². The summed E-state index contributed by atoms with van der Waals surface area (Å²) in [6, 6.07) is 35.8. The molecule has 0 saturated heterocycles. The standard InChI is InChI=1S/C38H33ClN2O2/c1-2-42-36-22-25(21-34(39)38(36)43-24-28-11-7-10-26-9-3-4-12-30(26)28)23-40-29-19-17-27(18-20-29)37-33-15-8-14-31(33)32-13-5-6-16-35(32)41-37/h3-14,16-23,31,33,37,41H,2,15,24H2,1H3/t31-,33-,37+/m1/s1. The highest BCUT2D eigenvalue weighted by atomic mass is 35.5. The first kappa shape index (κ1) is 27.3. The van der Waals surface area contributed by atoms with E-state index in [1.165, 1.54) is 22.2 Å². The number of fused-ring (bicyclic) bond motifs is 4. The Morgan fingerprint density at radius 3 is 2.60 bits per heavy atom. The first-order valence-electron chi connectivity index (χ1n) is 14.9. The van der Waals surface area contributed by atoms with Crippen LogP contribution in [0.4, 0.5) is 11.4 Å². The average molecular weight is 585 g/mol. The number of ether oxygens (including phenoxy) is 2. The smallest absolute Gasteiger partial charge is 0.180 e. The molecule has 0 radical (unpaired) electrons. The van der Waals surface area contributed by atoms with E-state index < -0.39 is 0 Å². The van der Waals surface area contributed by atoms with Gasteiger partial charge in [0.1, 0.15) is 6.61 Å². The van der Waals surface area contributed by atoms with Gasteiger partial charge in [-0.05, 0) is 82.6 Å². The Bertz CT molecular complexity index is 1820. The molecule has 1 N–H and O–H groups in total. The number of benzene rings is 5. The number of para-hydroxylation sites is 1. The first-order valence-corrected chi connectivity index (χ1v) is 15.3. The lowest BCUT2D eigenvalue weighted by Crippen LogP contribution is -2.28. The molecular weight excluding hydrogens is 552 g/mol. The molecule has 1 aliphatic carbocycles. The third kappa shape index (κ3) is 5.51. The Morgan fingerprint density at radius 2 is 1.72 bits per heavy atom. The van der Waals surface area contributed by atoms with Gasteiger partial charge in [-0.1, -0.05) is 96.5 Å². The van der Waals surface area contributed by atoms with Crippen LogP contribution in [0.5, 0.6) is 11.5 Å². The molecule has 0 bridgehead atoms. The molecular formula is C38H33ClN2O2. The number of anilines is 1. The Labute approximate surface area is 257 Å². The molecule has 0 unspecified atom stereocenters. The van der Waals surface area contributed by atoms with Crippen molar-refractivity contribution in [2.75, 3.05) is 11.9 Å². The van der Waals surface area contributed by atoms with Crippen molar-refractivity contribution in [3.63, 3.8) is 0 Å². The molecule has 1 heterocycles. The topological polar surface area (TPSA) is 42.8 Å². The van der Waals surface area contributed by atoms with Crippen molar-refractivity contribution in [2.24, 2.45) is 10.9 Å². The fourth-order valence-electron chi connectivity index (χ4n) is 6.42. The number of hydrogen-bond acceptors (Lipinski definition) is 4. The van der Waals surface area contributed by atoms with Crippen molar-refractivity contribution in [3.05, 3.63) is 143 Å². The van der Waals surface area contributed by atoms with Gasteiger partial charge >= 0.3 is 0 Å². The van der Waals surface area contributed by atoms with E-state index in [2.05, 4.69) is 90.3 Å². The first-order chi connectivity index (χ1) is 21.2. The van der Waals surface area contributed by atoms with E-state index in [0.717, 1.165) is 28.6 Å². The van der Waals surface area contributed by atoms with Crippen molar-refractivity contribution in [3.8, 4) is 11.5 Å². The van der Waals surface area contributed by atoms with Crippen molar-refractivity contribution in [1.82, 2.24) is 0 Å². The lowest BCUT2D eigenvalue weighted by atomic mass is 9.77. The fourth-order valence-corrected chi connectivity index (χ4v) is 6.70. The second kappa shape index (κ2) is 12.0. The lowest BCUT2D eigenvalue weighted by Gasteiger charge is -2.37. The van der Waals surface area contributed by atoms with Crippen molar-refractivity contribution < 1.29 is 9.47 Å². The molecule has 214 valence electrons. The van der Waals surface area contributed by atoms with Crippen LogP contribution >= 0.6 is 11.6 Å². The zero-order valence-corrected chi connectivity index (χ0v) is 24.8. The molecule has 0 amide bonds. The largest absolute Gasteiger partial charge is 0.490 e. The van der Waals surface area contributed by atoms with Crippen LogP contribution < -0.4 is 14.8 Å². The third-order valence-electron chi connectivity index (χ3n) is 8.47. The van der Waals surface area contributed by atoms with Crippen LogP contribution in [0.15, 0.2) is 120 Å². The summed E-state index contributed by atoms with van der Waals surface area (Å²) < 4.78 is 12.2. The normalized spacial score (nSPS) is 18.8. The molecule has 5 aromatic rings. The molecule has 0 saturated carbocycles. The maximum Gasteiger partial charge on any atom is 0.180 e. The Kier molecular flexibility index (Phi) is 7.61. The summed E-state index contributed by atoms with van der Waals surface area (Å²) in [4.78, 5) is 4.75. The summed E-state index contributed by atoms with van der Waals surface area (Å²) >= 11 is 6.74. The summed E-state index contributed by atoms with van der Waals surface area (Å²) in [5.74, 6) is 2.13. The highest BCUT2D eigenvalue weighted by molar-refractivity contribution is 6.32. The van der Waals surface area contributed by atoms with E-state index in [1.807, 2.05) is 43.5 Å². The van der Waals surface area contributed by atoms with E-state index in [-0.39, 0.29) is 6.04 Å². The minimum absolute atomic E-state index is 0.266. The number of nitrogens with zero attached hydrogens (tertiary/aromatic N) is 1. The van der Waals surface area contributed by atoms with Gasteiger partial charge in [-0.2, -0.15) is 0 Å². The van der Waals surface area contributed by atoms with Crippen molar-refractivity contribution in [2.45, 2.75) is 31.9 Å². The van der Waals surface area contributed by atoms with Crippen LogP contribution in [0.3, 0.4) is 0 Å². The molecule has 7 rings (SSSR count). The van der Waals surface area contributed by atoms with Gasteiger partial charge in [0, 0.05) is 17.8 Å². The van der Waals surface area contributed by atoms with Crippen molar-refractivity contribution >= 4 is 40.0 Å². The van der Waals surface area contributed by atoms with Crippen LogP contribution in [0.1, 0.15) is 47.6 Å². The predicted molar refractivity (Wildman–Crippen MR) is 177 cm³/mol. The molecule has 5 heteroatoms. The number of allylic oxidation sites excluding steroid dienone is 2. The maximum atomic E-state index is 6.74. The summed E-state index contributed by atoms with van der Waals surface area (Å²) in [7, 11) is 0. The number of hydrogen-bond donors (Lipinski definition) is 1. The van der Waals surface area contributed by atoms with Gasteiger partial charge in [0.2, 0.25) is 0 Å². The predicted octanol–water partition coefficient (Wildman–Crippen LogP) is 10.0. The highest BCUT2D eigenvalue weighted by Crippen LogP contribution is 2.49. The summed E-state index contributed by atoms with van der Waals surface area (Å²) in [5.41, 5.74) is 6.73. The van der Waals surface area contributed by atoms with Crippen LogP contribution in [0.2, 0.25) is 5.02 Å². The summed E-state index contributed by atoms with van der Waals surface area (Å²) in [6.07, 6.45) is 7.61. The van der Waals surface area contributed by atoms with Crippen molar-refractivity contribution in [1.29, 1.82) is 0 Å². The molecule has 5 aromatic carbocycles. The van der Waals surface area contributed by atoms with Crippen LogP contribution in [0.25, 0.3) is 10.8 Å². The molecule has 3 atom stereocenters. The van der Waals surface area contributed by atoms with Crippen LogP contribution in [0, 0.1) is 5.92 Å². The van der Waals surface area contributed by atoms with E-state index in [1.54, 1.807) is 0 Å². The van der Waals surface area contributed by atoms with E-state index in [4.69, 9.17) is 26.1 Å². The summed E-state index contributed by atoms with van der Waals surface area (Å²) in [5, 5.41) is 6.64. The minimum atomic E-state index is 0.266. The van der Waals surface area contributed by atoms with Gasteiger partial charge in [-0.15, -0.1) is 0 Å². The second-order valence-corrected chi connectivity index (χ2v) is 11.5. The Hall–Kier alpha value is -4.54. The third-order valence-corrected chi connectivity index (χ3v) is 8.75. The number of rotatable bonds is 8.